The first-order chi connectivity index (χ1) is 9.99. The van der Waals surface area contributed by atoms with Crippen LogP contribution in [0.4, 0.5) is 0 Å². The van der Waals surface area contributed by atoms with Crippen molar-refractivity contribution >= 4 is 32.8 Å². The number of halogens is 1. The second-order valence-corrected chi connectivity index (χ2v) is 6.82. The number of hydrogen-bond donors (Lipinski definition) is 2. The quantitative estimate of drug-likeness (QED) is 0.887. The third-order valence-corrected chi connectivity index (χ3v) is 4.81. The second kappa shape index (κ2) is 5.46. The third-order valence-electron chi connectivity index (χ3n) is 4.31. The van der Waals surface area contributed by atoms with Crippen LogP contribution in [0.15, 0.2) is 33.2 Å². The molecule has 1 fully saturated rings. The fourth-order valence-corrected chi connectivity index (χ4v) is 3.38. The van der Waals surface area contributed by atoms with Gasteiger partial charge in [-0.25, -0.2) is 0 Å². The van der Waals surface area contributed by atoms with Gasteiger partial charge in [-0.2, -0.15) is 0 Å². The predicted octanol–water partition coefficient (Wildman–Crippen LogP) is 3.43. The molecule has 1 heterocycles. The molecule has 0 spiro atoms. The molecule has 1 aliphatic carbocycles. The topological polar surface area (TPSA) is 68.3 Å². The van der Waals surface area contributed by atoms with E-state index in [4.69, 9.17) is 10.2 Å². The van der Waals surface area contributed by atoms with Crippen LogP contribution in [0.1, 0.15) is 38.4 Å². The number of rotatable bonds is 4. The van der Waals surface area contributed by atoms with Gasteiger partial charge in [0.25, 0.3) is 0 Å². The molecule has 1 saturated carbocycles. The summed E-state index contributed by atoms with van der Waals surface area (Å²) < 4.78 is 6.85. The van der Waals surface area contributed by atoms with Crippen molar-refractivity contribution in [1.29, 1.82) is 0 Å². The number of hydrogen-bond acceptors (Lipinski definition) is 3. The minimum Gasteiger partial charge on any atom is -0.459 e. The molecule has 112 valence electrons. The lowest BCUT2D eigenvalue weighted by atomic mass is 9.96. The Morgan fingerprint density at radius 3 is 2.76 bits per heavy atom. The fraction of sp³-hybridized carbons (Fsp3) is 0.438. The highest BCUT2D eigenvalue weighted by Crippen LogP contribution is 2.31. The predicted molar refractivity (Wildman–Crippen MR) is 85.9 cm³/mol. The summed E-state index contributed by atoms with van der Waals surface area (Å²) in [4.78, 5) is 12.0. The molecule has 1 atom stereocenters. The number of nitrogens with two attached hydrogens (primary N) is 1. The SMILES string of the molecule is CC(NC1CCCC1)(C(N)=O)c1cc2cc(Br)ccc2o1. The molecule has 2 aromatic rings. The Kier molecular flexibility index (Phi) is 3.80. The van der Waals surface area contributed by atoms with E-state index < -0.39 is 11.4 Å². The van der Waals surface area contributed by atoms with Gasteiger partial charge in [0.2, 0.25) is 5.91 Å². The molecule has 1 unspecified atom stereocenters. The Bertz CT molecular complexity index is 676. The largest absolute Gasteiger partial charge is 0.459 e. The van der Waals surface area contributed by atoms with E-state index in [2.05, 4.69) is 21.2 Å². The summed E-state index contributed by atoms with van der Waals surface area (Å²) in [5, 5.41) is 4.36. The summed E-state index contributed by atoms with van der Waals surface area (Å²) in [6.45, 7) is 1.81. The Morgan fingerprint density at radius 2 is 2.10 bits per heavy atom. The number of primary amides is 1. The van der Waals surface area contributed by atoms with E-state index in [-0.39, 0.29) is 0 Å². The zero-order valence-corrected chi connectivity index (χ0v) is 13.6. The molecule has 1 aromatic heterocycles. The number of benzene rings is 1. The van der Waals surface area contributed by atoms with Gasteiger partial charge in [0.1, 0.15) is 11.3 Å². The molecule has 4 nitrogen and oxygen atoms in total. The van der Waals surface area contributed by atoms with Crippen molar-refractivity contribution in [2.45, 2.75) is 44.2 Å². The maximum atomic E-state index is 12.0. The average molecular weight is 351 g/mol. The van der Waals surface area contributed by atoms with E-state index >= 15 is 0 Å². The van der Waals surface area contributed by atoms with Gasteiger partial charge >= 0.3 is 0 Å². The number of fused-ring (bicyclic) bond motifs is 1. The van der Waals surface area contributed by atoms with Gasteiger partial charge in [-0.15, -0.1) is 0 Å². The minimum absolute atomic E-state index is 0.322. The molecule has 1 aliphatic rings. The molecule has 0 bridgehead atoms. The Morgan fingerprint density at radius 1 is 1.38 bits per heavy atom. The van der Waals surface area contributed by atoms with Crippen molar-refractivity contribution in [1.82, 2.24) is 5.32 Å². The van der Waals surface area contributed by atoms with E-state index in [9.17, 15) is 4.79 Å². The van der Waals surface area contributed by atoms with Gasteiger partial charge in [-0.3, -0.25) is 10.1 Å². The van der Waals surface area contributed by atoms with Crippen molar-refractivity contribution in [3.8, 4) is 0 Å². The van der Waals surface area contributed by atoms with Crippen LogP contribution in [-0.2, 0) is 10.3 Å². The van der Waals surface area contributed by atoms with Gasteiger partial charge in [0, 0.05) is 15.9 Å². The first-order valence-electron chi connectivity index (χ1n) is 7.26. The van der Waals surface area contributed by atoms with Crippen LogP contribution >= 0.6 is 15.9 Å². The van der Waals surface area contributed by atoms with Crippen molar-refractivity contribution in [3.63, 3.8) is 0 Å². The lowest BCUT2D eigenvalue weighted by Crippen LogP contribution is -2.53. The van der Waals surface area contributed by atoms with Crippen LogP contribution in [0.25, 0.3) is 11.0 Å². The summed E-state index contributed by atoms with van der Waals surface area (Å²) in [5.74, 6) is 0.169. The van der Waals surface area contributed by atoms with Gasteiger partial charge in [0.15, 0.2) is 5.54 Å². The summed E-state index contributed by atoms with van der Waals surface area (Å²) >= 11 is 3.44. The van der Waals surface area contributed by atoms with Crippen LogP contribution < -0.4 is 11.1 Å². The van der Waals surface area contributed by atoms with E-state index in [1.807, 2.05) is 24.3 Å². The summed E-state index contributed by atoms with van der Waals surface area (Å²) in [7, 11) is 0. The summed E-state index contributed by atoms with van der Waals surface area (Å²) in [6.07, 6.45) is 4.54. The van der Waals surface area contributed by atoms with E-state index in [1.165, 1.54) is 12.8 Å². The molecule has 1 aromatic carbocycles. The number of amides is 1. The van der Waals surface area contributed by atoms with E-state index in [0.29, 0.717) is 11.8 Å². The molecule has 0 aliphatic heterocycles. The van der Waals surface area contributed by atoms with E-state index in [1.54, 1.807) is 6.92 Å². The van der Waals surface area contributed by atoms with Crippen LogP contribution in [-0.4, -0.2) is 11.9 Å². The van der Waals surface area contributed by atoms with Crippen LogP contribution in [0.3, 0.4) is 0 Å². The maximum absolute atomic E-state index is 12.0. The number of carbonyl (C=O) groups is 1. The Hall–Kier alpha value is -1.33. The van der Waals surface area contributed by atoms with Gasteiger partial charge in [0.05, 0.1) is 0 Å². The van der Waals surface area contributed by atoms with Crippen LogP contribution in [0, 0.1) is 0 Å². The first kappa shape index (κ1) is 14.6. The van der Waals surface area contributed by atoms with Gasteiger partial charge in [-0.05, 0) is 44.0 Å². The van der Waals surface area contributed by atoms with Gasteiger partial charge < -0.3 is 10.2 Å². The Balaban J connectivity index is 1.99. The zero-order chi connectivity index (χ0) is 15.0. The molecule has 1 amide bonds. The third kappa shape index (κ3) is 2.72. The number of nitrogens with one attached hydrogen (secondary N) is 1. The Labute approximate surface area is 132 Å². The lowest BCUT2D eigenvalue weighted by molar-refractivity contribution is -0.125. The molecular formula is C16H19BrN2O2. The second-order valence-electron chi connectivity index (χ2n) is 5.91. The molecule has 0 radical (unpaired) electrons. The molecule has 0 saturated heterocycles. The molecule has 3 rings (SSSR count). The monoisotopic (exact) mass is 350 g/mol. The van der Waals surface area contributed by atoms with Crippen molar-refractivity contribution in [2.24, 2.45) is 5.73 Å². The number of furan rings is 1. The van der Waals surface area contributed by atoms with Crippen molar-refractivity contribution in [3.05, 3.63) is 34.5 Å². The maximum Gasteiger partial charge on any atom is 0.245 e. The highest BCUT2D eigenvalue weighted by molar-refractivity contribution is 9.10. The van der Waals surface area contributed by atoms with Crippen LogP contribution in [0.2, 0.25) is 0 Å². The smallest absolute Gasteiger partial charge is 0.245 e. The van der Waals surface area contributed by atoms with Crippen LogP contribution in [0.5, 0.6) is 0 Å². The highest BCUT2D eigenvalue weighted by Gasteiger charge is 2.39. The highest BCUT2D eigenvalue weighted by atomic mass is 79.9. The zero-order valence-electron chi connectivity index (χ0n) is 12.0. The summed E-state index contributed by atoms with van der Waals surface area (Å²) in [6, 6.07) is 8.00. The van der Waals surface area contributed by atoms with Crippen molar-refractivity contribution in [2.75, 3.05) is 0 Å². The fourth-order valence-electron chi connectivity index (χ4n) is 3.00. The molecule has 3 N–H and O–H groups in total. The standard InChI is InChI=1S/C16H19BrN2O2/c1-16(15(18)20,19-12-4-2-3-5-12)14-9-10-8-11(17)6-7-13(10)21-14/h6-9,12,19H,2-5H2,1H3,(H2,18,20). The minimum atomic E-state index is -0.972. The number of carbonyl (C=O) groups excluding carboxylic acids is 1. The normalized spacial score (nSPS) is 19.0. The van der Waals surface area contributed by atoms with E-state index in [0.717, 1.165) is 28.3 Å². The first-order valence-corrected chi connectivity index (χ1v) is 8.05. The van der Waals surface area contributed by atoms with Crippen molar-refractivity contribution < 1.29 is 9.21 Å². The molecular weight excluding hydrogens is 332 g/mol. The average Bonchev–Trinajstić information content (AvgIpc) is 3.06. The molecule has 21 heavy (non-hydrogen) atoms. The lowest BCUT2D eigenvalue weighted by Gasteiger charge is -2.29. The van der Waals surface area contributed by atoms with Gasteiger partial charge in [-0.1, -0.05) is 28.8 Å². The summed E-state index contributed by atoms with van der Waals surface area (Å²) in [5.41, 5.74) is 5.45. The molecule has 5 heteroatoms.